The van der Waals surface area contributed by atoms with Gasteiger partial charge in [0.2, 0.25) is 0 Å². The van der Waals surface area contributed by atoms with Crippen molar-refractivity contribution in [1.29, 1.82) is 0 Å². The van der Waals surface area contributed by atoms with Gasteiger partial charge in [-0.2, -0.15) is 0 Å². The number of nitrogens with zero attached hydrogens (tertiary/aromatic N) is 1. The zero-order valence-electron chi connectivity index (χ0n) is 9.74. The molecule has 2 nitrogen and oxygen atoms in total. The Bertz CT molecular complexity index is 579. The van der Waals surface area contributed by atoms with Crippen LogP contribution in [0.15, 0.2) is 47.6 Å². The summed E-state index contributed by atoms with van der Waals surface area (Å²) in [6.45, 7) is -0.389. The van der Waals surface area contributed by atoms with Gasteiger partial charge in [-0.25, -0.2) is 13.2 Å². The molecule has 97 valence electrons. The van der Waals surface area contributed by atoms with Gasteiger partial charge >= 0.3 is 0 Å². The second-order valence-corrected chi connectivity index (χ2v) is 3.66. The molecule has 0 unspecified atom stereocenters. The Morgan fingerprint density at radius 3 is 2.21 bits per heavy atom. The highest BCUT2D eigenvalue weighted by Gasteiger charge is 2.08. The van der Waals surface area contributed by atoms with Gasteiger partial charge in [0.25, 0.3) is 0 Å². The summed E-state index contributed by atoms with van der Waals surface area (Å²) < 4.78 is 39.6. The van der Waals surface area contributed by atoms with Gasteiger partial charge in [0.15, 0.2) is 0 Å². The Hall–Kier alpha value is -2.30. The van der Waals surface area contributed by atoms with E-state index in [9.17, 15) is 13.2 Å². The van der Waals surface area contributed by atoms with Gasteiger partial charge in [-0.15, -0.1) is 0 Å². The van der Waals surface area contributed by atoms with E-state index >= 15 is 0 Å². The highest BCUT2D eigenvalue weighted by molar-refractivity contribution is 5.79. The van der Waals surface area contributed by atoms with Crippen LogP contribution in [-0.4, -0.2) is 6.21 Å². The van der Waals surface area contributed by atoms with Crippen LogP contribution in [0, 0.1) is 17.5 Å². The molecular weight excluding hydrogens is 255 g/mol. The largest absolute Gasteiger partial charge is 0.390 e. The van der Waals surface area contributed by atoms with Crippen LogP contribution in [-0.2, 0) is 11.4 Å². The van der Waals surface area contributed by atoms with Crippen molar-refractivity contribution in [1.82, 2.24) is 0 Å². The minimum absolute atomic E-state index is 0.108. The molecule has 0 aliphatic carbocycles. The molecule has 0 saturated heterocycles. The molecule has 0 amide bonds. The first-order chi connectivity index (χ1) is 9.18. The van der Waals surface area contributed by atoms with Crippen molar-refractivity contribution >= 4 is 6.21 Å². The first kappa shape index (κ1) is 13.1. The molecule has 19 heavy (non-hydrogen) atoms. The molecule has 2 aromatic carbocycles. The Morgan fingerprint density at radius 1 is 0.895 bits per heavy atom. The zero-order chi connectivity index (χ0) is 13.7. The molecule has 2 rings (SSSR count). The molecule has 1 radical (unpaired) electrons. The number of rotatable bonds is 4. The first-order valence-corrected chi connectivity index (χ1v) is 5.44. The minimum Gasteiger partial charge on any atom is -0.390 e. The monoisotopic (exact) mass is 264 g/mol. The van der Waals surface area contributed by atoms with Crippen molar-refractivity contribution in [3.63, 3.8) is 0 Å². The fourth-order valence-corrected chi connectivity index (χ4v) is 1.40. The Labute approximate surface area is 108 Å². The van der Waals surface area contributed by atoms with Crippen molar-refractivity contribution in [2.45, 2.75) is 6.61 Å². The van der Waals surface area contributed by atoms with Crippen LogP contribution in [0.3, 0.4) is 0 Å². The Kier molecular flexibility index (Phi) is 4.18. The van der Waals surface area contributed by atoms with Crippen LogP contribution >= 0.6 is 0 Å². The molecule has 0 spiro atoms. The minimum atomic E-state index is -0.721. The van der Waals surface area contributed by atoms with Crippen molar-refractivity contribution < 1.29 is 18.0 Å². The normalized spacial score (nSPS) is 10.9. The average molecular weight is 264 g/mol. The maximum atomic E-state index is 13.2. The van der Waals surface area contributed by atoms with E-state index in [2.05, 4.69) is 11.4 Å². The lowest BCUT2D eigenvalue weighted by Gasteiger charge is -2.02. The first-order valence-electron chi connectivity index (χ1n) is 5.44. The third-order valence-electron chi connectivity index (χ3n) is 2.38. The fraction of sp³-hybridized carbons (Fsp3) is 0.0714. The van der Waals surface area contributed by atoms with Crippen LogP contribution in [0.4, 0.5) is 13.2 Å². The molecule has 0 saturated carbocycles. The standard InChI is InChI=1S/C14H9F3NO/c15-12-5-2-1-4-10(12)8-18-19-9-11-13(16)6-3-7-14(11)17/h1-7H,9H2. The van der Waals surface area contributed by atoms with Gasteiger partial charge in [0.1, 0.15) is 30.3 Å². The van der Waals surface area contributed by atoms with Crippen LogP contribution in [0.1, 0.15) is 11.1 Å². The summed E-state index contributed by atoms with van der Waals surface area (Å²) in [6, 6.07) is 9.31. The zero-order valence-corrected chi connectivity index (χ0v) is 9.74. The molecule has 0 fully saturated rings. The predicted octanol–water partition coefficient (Wildman–Crippen LogP) is 3.53. The predicted molar refractivity (Wildman–Crippen MR) is 64.1 cm³/mol. The molecule has 0 heterocycles. The quantitative estimate of drug-likeness (QED) is 0.611. The molecular formula is C14H9F3NO. The van der Waals surface area contributed by atoms with Crippen molar-refractivity contribution in [3.05, 3.63) is 71.0 Å². The molecule has 0 bridgehead atoms. The van der Waals surface area contributed by atoms with Crippen LogP contribution in [0.5, 0.6) is 0 Å². The van der Waals surface area contributed by atoms with Gasteiger partial charge in [-0.3, -0.25) is 0 Å². The third-order valence-corrected chi connectivity index (χ3v) is 2.38. The van der Waals surface area contributed by atoms with E-state index < -0.39 is 17.5 Å². The lowest BCUT2D eigenvalue weighted by molar-refractivity contribution is 0.126. The second-order valence-electron chi connectivity index (χ2n) is 3.66. The van der Waals surface area contributed by atoms with Crippen molar-refractivity contribution in [2.75, 3.05) is 0 Å². The summed E-state index contributed by atoms with van der Waals surface area (Å²) in [7, 11) is 0. The van der Waals surface area contributed by atoms with E-state index in [-0.39, 0.29) is 17.7 Å². The number of halogens is 3. The van der Waals surface area contributed by atoms with Gasteiger partial charge in [-0.05, 0) is 24.3 Å². The highest BCUT2D eigenvalue weighted by Crippen LogP contribution is 2.13. The van der Waals surface area contributed by atoms with Crippen LogP contribution in [0.2, 0.25) is 0 Å². The van der Waals surface area contributed by atoms with E-state index in [0.717, 1.165) is 12.1 Å². The smallest absolute Gasteiger partial charge is 0.148 e. The van der Waals surface area contributed by atoms with Gasteiger partial charge in [-0.1, -0.05) is 23.4 Å². The topological polar surface area (TPSA) is 21.6 Å². The molecule has 2 aromatic rings. The Balaban J connectivity index is 1.99. The molecule has 0 aliphatic rings. The maximum Gasteiger partial charge on any atom is 0.148 e. The molecule has 0 aromatic heterocycles. The summed E-state index contributed by atoms with van der Waals surface area (Å²) in [5.41, 5.74) is -0.127. The van der Waals surface area contributed by atoms with Gasteiger partial charge in [0, 0.05) is 5.56 Å². The maximum absolute atomic E-state index is 13.2. The van der Waals surface area contributed by atoms with Crippen molar-refractivity contribution in [3.8, 4) is 0 Å². The van der Waals surface area contributed by atoms with Crippen LogP contribution in [0.25, 0.3) is 0 Å². The van der Waals surface area contributed by atoms with E-state index in [4.69, 9.17) is 4.84 Å². The third kappa shape index (κ3) is 3.34. The van der Waals surface area contributed by atoms with E-state index in [1.807, 2.05) is 0 Å². The van der Waals surface area contributed by atoms with Gasteiger partial charge < -0.3 is 4.84 Å². The molecule has 0 N–H and O–H groups in total. The number of hydrogen-bond acceptors (Lipinski definition) is 2. The molecule has 5 heteroatoms. The van der Waals surface area contributed by atoms with E-state index in [0.29, 0.717) is 0 Å². The van der Waals surface area contributed by atoms with Crippen molar-refractivity contribution in [2.24, 2.45) is 5.16 Å². The number of hydrogen-bond donors (Lipinski definition) is 0. The summed E-state index contributed by atoms with van der Waals surface area (Å²) in [5.74, 6) is -1.95. The second kappa shape index (κ2) is 6.04. The average Bonchev–Trinajstić information content (AvgIpc) is 2.39. The SMILES string of the molecule is Fc1ccccc1/[C]=N\OCc1c(F)cccc1F. The van der Waals surface area contributed by atoms with E-state index in [1.54, 1.807) is 6.07 Å². The summed E-state index contributed by atoms with van der Waals surface area (Å²) in [6.07, 6.45) is 2.30. The highest BCUT2D eigenvalue weighted by atomic mass is 19.1. The Morgan fingerprint density at radius 2 is 1.53 bits per heavy atom. The summed E-state index contributed by atoms with van der Waals surface area (Å²) in [5, 5.41) is 3.36. The molecule has 0 aliphatic heterocycles. The van der Waals surface area contributed by atoms with E-state index in [1.165, 1.54) is 24.3 Å². The summed E-state index contributed by atoms with van der Waals surface area (Å²) in [4.78, 5) is 4.71. The van der Waals surface area contributed by atoms with Crippen LogP contribution < -0.4 is 0 Å². The summed E-state index contributed by atoms with van der Waals surface area (Å²) >= 11 is 0. The lowest BCUT2D eigenvalue weighted by atomic mass is 10.2. The lowest BCUT2D eigenvalue weighted by Crippen LogP contribution is -1.97. The fourth-order valence-electron chi connectivity index (χ4n) is 1.40. The number of benzene rings is 2. The van der Waals surface area contributed by atoms with Gasteiger partial charge in [0.05, 0.1) is 5.56 Å². The molecule has 0 atom stereocenters.